The van der Waals surface area contributed by atoms with Gasteiger partial charge in [-0.2, -0.15) is 13.2 Å². The molecule has 0 bridgehead atoms. The van der Waals surface area contributed by atoms with Crippen LogP contribution in [0.5, 0.6) is 5.75 Å². The normalized spacial score (nSPS) is 11.0. The summed E-state index contributed by atoms with van der Waals surface area (Å²) in [5.41, 5.74) is 5.08. The minimum Gasteiger partial charge on any atom is -0.508 e. The second-order valence-corrected chi connectivity index (χ2v) is 4.72. The Kier molecular flexibility index (Phi) is 14.5. The van der Waals surface area contributed by atoms with Crippen molar-refractivity contribution in [1.29, 1.82) is 0 Å². The fourth-order valence-corrected chi connectivity index (χ4v) is 1.41. The molecule has 1 unspecified atom stereocenters. The average molecular weight is 323 g/mol. The topological polar surface area (TPSA) is 72.5 Å². The van der Waals surface area contributed by atoms with Gasteiger partial charge in [-0.15, -0.1) is 0 Å². The fraction of sp³-hybridized carbons (Fsp3) is 0.533. The zero-order valence-electron chi connectivity index (χ0n) is 13.0. The summed E-state index contributed by atoms with van der Waals surface area (Å²) < 4.78 is 33.9. The molecule has 0 radical (unpaired) electrons. The molecule has 1 atom stereocenters. The number of carbonyl (C=O) groups is 1. The molecule has 0 saturated heterocycles. The van der Waals surface area contributed by atoms with Gasteiger partial charge in [0.2, 0.25) is 0 Å². The van der Waals surface area contributed by atoms with Gasteiger partial charge in [-0.3, -0.25) is 4.79 Å². The van der Waals surface area contributed by atoms with Gasteiger partial charge in [0.15, 0.2) is 0 Å². The number of hydrogen-bond donors (Lipinski definition) is 2. The molecule has 3 N–H and O–H groups in total. The molecule has 4 nitrogen and oxygen atoms in total. The minimum absolute atomic E-state index is 0.00829. The first-order valence-electron chi connectivity index (χ1n) is 6.74. The first-order valence-corrected chi connectivity index (χ1v) is 6.74. The van der Waals surface area contributed by atoms with E-state index in [9.17, 15) is 18.0 Å². The number of ether oxygens (including phenoxy) is 1. The summed E-state index contributed by atoms with van der Waals surface area (Å²) in [5, 5.41) is 8.63. The lowest BCUT2D eigenvalue weighted by molar-refractivity contribution is -0.147. The Balaban J connectivity index is 0. The number of halogens is 3. The van der Waals surface area contributed by atoms with Crippen molar-refractivity contribution in [2.45, 2.75) is 40.0 Å². The number of phenols is 1. The molecule has 1 rings (SSSR count). The maximum Gasteiger partial charge on any atom is 0.379 e. The molecule has 0 saturated carbocycles. The summed E-state index contributed by atoms with van der Waals surface area (Å²) in [7, 11) is 0. The highest BCUT2D eigenvalue weighted by atomic mass is 19.4. The number of hydrogen-bond acceptors (Lipinski definition) is 4. The Labute approximate surface area is 129 Å². The molecule has 0 aliphatic carbocycles. The summed E-state index contributed by atoms with van der Waals surface area (Å²) in [6.45, 7) is 2.37. The largest absolute Gasteiger partial charge is 0.508 e. The SMILES string of the molecule is CC(C)CC(C)OC(=O)CN.FC(F)F.Oc1ccccc1. The van der Waals surface area contributed by atoms with Crippen molar-refractivity contribution >= 4 is 5.97 Å². The van der Waals surface area contributed by atoms with Crippen molar-refractivity contribution in [3.8, 4) is 5.75 Å². The van der Waals surface area contributed by atoms with E-state index < -0.39 is 6.68 Å². The maximum absolute atomic E-state index is 10.7. The predicted molar refractivity (Wildman–Crippen MR) is 79.3 cm³/mol. The van der Waals surface area contributed by atoms with Crippen LogP contribution >= 0.6 is 0 Å². The molecule has 1 aromatic carbocycles. The van der Waals surface area contributed by atoms with E-state index >= 15 is 0 Å². The van der Waals surface area contributed by atoms with Crippen molar-refractivity contribution in [3.63, 3.8) is 0 Å². The Morgan fingerprint density at radius 3 is 1.91 bits per heavy atom. The highest BCUT2D eigenvalue weighted by molar-refractivity contribution is 5.71. The molecule has 22 heavy (non-hydrogen) atoms. The first-order chi connectivity index (χ1) is 10.2. The van der Waals surface area contributed by atoms with Crippen LogP contribution in [-0.4, -0.2) is 30.4 Å². The zero-order chi connectivity index (χ0) is 17.5. The van der Waals surface area contributed by atoms with E-state index in [0.717, 1.165) is 6.42 Å². The van der Waals surface area contributed by atoms with Gasteiger partial charge in [0.25, 0.3) is 0 Å². The van der Waals surface area contributed by atoms with E-state index in [1.165, 1.54) is 0 Å². The van der Waals surface area contributed by atoms with Crippen LogP contribution in [0.2, 0.25) is 0 Å². The summed E-state index contributed by atoms with van der Waals surface area (Å²) in [6, 6.07) is 8.71. The molecule has 0 fully saturated rings. The molecule has 0 aliphatic rings. The first kappa shape index (κ1) is 22.5. The van der Waals surface area contributed by atoms with Crippen molar-refractivity contribution < 1.29 is 27.8 Å². The number of carbonyl (C=O) groups excluding carboxylic acids is 1. The lowest BCUT2D eigenvalue weighted by Gasteiger charge is -2.14. The number of rotatable bonds is 4. The number of esters is 1. The van der Waals surface area contributed by atoms with Gasteiger partial charge in [0, 0.05) is 0 Å². The van der Waals surface area contributed by atoms with Crippen LogP contribution in [0, 0.1) is 5.92 Å². The Hall–Kier alpha value is -1.76. The summed E-state index contributed by atoms with van der Waals surface area (Å²) in [6.07, 6.45) is 0.886. The number of benzene rings is 1. The molecule has 0 aliphatic heterocycles. The van der Waals surface area contributed by atoms with Gasteiger partial charge < -0.3 is 15.6 Å². The van der Waals surface area contributed by atoms with Gasteiger partial charge in [-0.1, -0.05) is 32.0 Å². The third-order valence-corrected chi connectivity index (χ3v) is 2.06. The third kappa shape index (κ3) is 20.6. The van der Waals surface area contributed by atoms with Crippen molar-refractivity contribution in [1.82, 2.24) is 0 Å². The minimum atomic E-state index is -3.67. The maximum atomic E-state index is 10.7. The number of aromatic hydroxyl groups is 1. The second kappa shape index (κ2) is 14.2. The number of phenolic OH excluding ortho intramolecular Hbond substituents is 1. The lowest BCUT2D eigenvalue weighted by Crippen LogP contribution is -2.23. The second-order valence-electron chi connectivity index (χ2n) is 4.72. The highest BCUT2D eigenvalue weighted by Gasteiger charge is 2.08. The van der Waals surface area contributed by atoms with Crippen LogP contribution < -0.4 is 5.73 Å². The summed E-state index contributed by atoms with van der Waals surface area (Å²) >= 11 is 0. The molecule has 0 aromatic heterocycles. The molecule has 7 heteroatoms. The molecule has 1 aromatic rings. The van der Waals surface area contributed by atoms with E-state index in [0.29, 0.717) is 11.7 Å². The smallest absolute Gasteiger partial charge is 0.379 e. The number of nitrogens with two attached hydrogens (primary N) is 1. The van der Waals surface area contributed by atoms with E-state index in [1.54, 1.807) is 24.3 Å². The average Bonchev–Trinajstić information content (AvgIpc) is 2.38. The van der Waals surface area contributed by atoms with Gasteiger partial charge in [0.1, 0.15) is 5.75 Å². The third-order valence-electron chi connectivity index (χ3n) is 2.06. The van der Waals surface area contributed by atoms with E-state index in [-0.39, 0.29) is 18.6 Å². The highest BCUT2D eigenvalue weighted by Crippen LogP contribution is 2.07. The Morgan fingerprint density at radius 2 is 1.64 bits per heavy atom. The fourth-order valence-electron chi connectivity index (χ4n) is 1.41. The van der Waals surface area contributed by atoms with Crippen molar-refractivity contribution in [2.24, 2.45) is 11.7 Å². The van der Waals surface area contributed by atoms with Crippen molar-refractivity contribution in [3.05, 3.63) is 30.3 Å². The zero-order valence-corrected chi connectivity index (χ0v) is 13.0. The van der Waals surface area contributed by atoms with E-state index in [2.05, 4.69) is 13.8 Å². The molecular formula is C15H24F3NO3. The number of para-hydroxylation sites is 1. The molecule has 0 amide bonds. The lowest BCUT2D eigenvalue weighted by atomic mass is 10.1. The summed E-state index contributed by atoms with van der Waals surface area (Å²) in [4.78, 5) is 10.7. The van der Waals surface area contributed by atoms with Gasteiger partial charge in [-0.25, -0.2) is 0 Å². The molecule has 128 valence electrons. The van der Waals surface area contributed by atoms with Crippen molar-refractivity contribution in [2.75, 3.05) is 6.54 Å². The van der Waals surface area contributed by atoms with E-state index in [1.807, 2.05) is 13.0 Å². The monoisotopic (exact) mass is 323 g/mol. The molecule has 0 heterocycles. The summed E-state index contributed by atoms with van der Waals surface area (Å²) in [5.74, 6) is 0.552. The van der Waals surface area contributed by atoms with E-state index in [4.69, 9.17) is 15.6 Å². The van der Waals surface area contributed by atoms with Gasteiger partial charge in [-0.05, 0) is 31.4 Å². The molecule has 0 spiro atoms. The van der Waals surface area contributed by atoms with Crippen LogP contribution in [-0.2, 0) is 9.53 Å². The quantitative estimate of drug-likeness (QED) is 0.832. The van der Waals surface area contributed by atoms with Crippen LogP contribution in [0.1, 0.15) is 27.2 Å². The van der Waals surface area contributed by atoms with Crippen LogP contribution in [0.25, 0.3) is 0 Å². The van der Waals surface area contributed by atoms with Gasteiger partial charge >= 0.3 is 12.6 Å². The predicted octanol–water partition coefficient (Wildman–Crippen LogP) is 3.49. The molecular weight excluding hydrogens is 299 g/mol. The van der Waals surface area contributed by atoms with Crippen LogP contribution in [0.15, 0.2) is 30.3 Å². The van der Waals surface area contributed by atoms with Gasteiger partial charge in [0.05, 0.1) is 12.6 Å². The van der Waals surface area contributed by atoms with Crippen LogP contribution in [0.4, 0.5) is 13.2 Å². The Morgan fingerprint density at radius 1 is 1.18 bits per heavy atom. The Bertz CT molecular complexity index is 373. The van der Waals surface area contributed by atoms with Crippen LogP contribution in [0.3, 0.4) is 0 Å². The standard InChI is InChI=1S/C8H17NO2.C6H6O.CHF3/c1-6(2)4-7(3)11-8(10)5-9;7-6-4-2-1-3-5-6;2-1(3)4/h6-7H,4-5,9H2,1-3H3;1-5,7H;1H. The number of alkyl halides is 3.